The van der Waals surface area contributed by atoms with Gasteiger partial charge in [0.1, 0.15) is 23.1 Å². The minimum Gasteiger partial charge on any atom is -0.383 e. The Labute approximate surface area is 183 Å². The Morgan fingerprint density at radius 3 is 2.66 bits per heavy atom. The fourth-order valence-corrected chi connectivity index (χ4v) is 4.60. The van der Waals surface area contributed by atoms with Crippen LogP contribution in [0.1, 0.15) is 53.2 Å². The third-order valence-corrected chi connectivity index (χ3v) is 6.10. The molecule has 32 heavy (non-hydrogen) atoms. The van der Waals surface area contributed by atoms with Crippen LogP contribution < -0.4 is 5.73 Å². The van der Waals surface area contributed by atoms with Gasteiger partial charge in [0.25, 0.3) is 5.91 Å². The first-order valence-electron chi connectivity index (χ1n) is 10.4. The molecule has 1 amide bonds. The highest BCUT2D eigenvalue weighted by atomic mass is 19.1. The van der Waals surface area contributed by atoms with E-state index in [9.17, 15) is 13.6 Å². The van der Waals surface area contributed by atoms with Crippen LogP contribution in [0.15, 0.2) is 30.5 Å². The van der Waals surface area contributed by atoms with Crippen LogP contribution in [0, 0.1) is 11.6 Å². The lowest BCUT2D eigenvalue weighted by molar-refractivity contribution is -0.0319. The number of nitrogen functional groups attached to an aromatic ring is 1. The van der Waals surface area contributed by atoms with Gasteiger partial charge >= 0.3 is 0 Å². The van der Waals surface area contributed by atoms with Crippen molar-refractivity contribution in [1.82, 2.24) is 14.9 Å². The number of anilines is 1. The average molecular weight is 440 g/mol. The number of rotatable bonds is 2. The van der Waals surface area contributed by atoms with E-state index in [1.165, 1.54) is 18.3 Å². The van der Waals surface area contributed by atoms with Crippen LogP contribution in [0.5, 0.6) is 0 Å². The van der Waals surface area contributed by atoms with Crippen molar-refractivity contribution in [1.29, 1.82) is 0 Å². The molecule has 2 aliphatic rings. The van der Waals surface area contributed by atoms with Crippen molar-refractivity contribution in [2.75, 3.05) is 18.9 Å². The van der Waals surface area contributed by atoms with Gasteiger partial charge in [0, 0.05) is 17.0 Å². The zero-order chi connectivity index (χ0) is 22.6. The maximum Gasteiger partial charge on any atom is 0.273 e. The number of nitrogens with zero attached hydrogens (tertiary/aromatic N) is 3. The summed E-state index contributed by atoms with van der Waals surface area (Å²) in [6, 6.07) is 3.98. The molecule has 7 nitrogen and oxygen atoms in total. The normalized spacial score (nSPS) is 22.9. The van der Waals surface area contributed by atoms with Gasteiger partial charge in [0.05, 0.1) is 49.7 Å². The molecule has 0 bridgehead atoms. The summed E-state index contributed by atoms with van der Waals surface area (Å²) in [5, 5.41) is 0.756. The Kier molecular flexibility index (Phi) is 5.02. The van der Waals surface area contributed by atoms with Crippen molar-refractivity contribution in [2.24, 2.45) is 0 Å². The average Bonchev–Trinajstić information content (AvgIpc) is 3.15. The molecule has 0 aliphatic carbocycles. The van der Waals surface area contributed by atoms with Crippen molar-refractivity contribution in [3.8, 4) is 0 Å². The van der Waals surface area contributed by atoms with Gasteiger partial charge in [-0.3, -0.25) is 4.79 Å². The summed E-state index contributed by atoms with van der Waals surface area (Å²) in [6.45, 7) is 4.55. The van der Waals surface area contributed by atoms with Crippen LogP contribution in [0.25, 0.3) is 10.9 Å². The number of hydrogen-bond donors (Lipinski definition) is 1. The van der Waals surface area contributed by atoms with Gasteiger partial charge in [0.2, 0.25) is 0 Å². The van der Waals surface area contributed by atoms with Crippen molar-refractivity contribution in [3.05, 3.63) is 64.5 Å². The zero-order valence-corrected chi connectivity index (χ0v) is 17.6. The van der Waals surface area contributed by atoms with Gasteiger partial charge in [-0.1, -0.05) is 0 Å². The van der Waals surface area contributed by atoms with Crippen LogP contribution in [0.2, 0.25) is 0 Å². The summed E-state index contributed by atoms with van der Waals surface area (Å²) < 4.78 is 39.1. The monoisotopic (exact) mass is 440 g/mol. The molecular formula is C23H22F2N4O3. The summed E-state index contributed by atoms with van der Waals surface area (Å²) in [4.78, 5) is 23.9. The van der Waals surface area contributed by atoms with Crippen molar-refractivity contribution < 1.29 is 23.0 Å². The highest BCUT2D eigenvalue weighted by Gasteiger charge is 2.35. The number of amides is 1. The summed E-state index contributed by atoms with van der Waals surface area (Å²) in [6.07, 6.45) is 1.34. The molecule has 0 radical (unpaired) electrons. The van der Waals surface area contributed by atoms with Crippen LogP contribution in [-0.4, -0.2) is 40.0 Å². The number of pyridine rings is 2. The SMILES string of the molecule is C[C@@H]1COC[C@H](c2cc(F)cc(F)c2)N1C(=O)c1cc2c3c(c(N)nc2cn1)[C@@H](C)OC3. The molecule has 9 heteroatoms. The molecule has 2 aromatic heterocycles. The van der Waals surface area contributed by atoms with Gasteiger partial charge in [-0.15, -0.1) is 0 Å². The van der Waals surface area contributed by atoms with E-state index in [-0.39, 0.29) is 30.4 Å². The zero-order valence-electron chi connectivity index (χ0n) is 17.6. The van der Waals surface area contributed by atoms with Crippen molar-refractivity contribution >= 4 is 22.6 Å². The van der Waals surface area contributed by atoms with E-state index in [2.05, 4.69) is 9.97 Å². The molecule has 0 saturated carbocycles. The molecule has 1 aromatic carbocycles. The molecule has 3 atom stereocenters. The molecule has 0 spiro atoms. The van der Waals surface area contributed by atoms with Gasteiger partial charge < -0.3 is 20.1 Å². The van der Waals surface area contributed by atoms with E-state index in [1.807, 2.05) is 13.8 Å². The van der Waals surface area contributed by atoms with E-state index in [1.54, 1.807) is 11.0 Å². The summed E-state index contributed by atoms with van der Waals surface area (Å²) >= 11 is 0. The van der Waals surface area contributed by atoms with E-state index in [0.717, 1.165) is 22.6 Å². The lowest BCUT2D eigenvalue weighted by Gasteiger charge is -2.40. The topological polar surface area (TPSA) is 90.6 Å². The lowest BCUT2D eigenvalue weighted by Crippen LogP contribution is -2.49. The summed E-state index contributed by atoms with van der Waals surface area (Å²) in [7, 11) is 0. The highest BCUT2D eigenvalue weighted by molar-refractivity contribution is 5.97. The van der Waals surface area contributed by atoms with Gasteiger partial charge in [-0.05, 0) is 43.2 Å². The van der Waals surface area contributed by atoms with E-state index in [0.29, 0.717) is 30.1 Å². The second-order valence-corrected chi connectivity index (χ2v) is 8.25. The predicted octanol–water partition coefficient (Wildman–Crippen LogP) is 3.68. The third-order valence-electron chi connectivity index (χ3n) is 6.10. The molecule has 3 aromatic rings. The number of carbonyl (C=O) groups excluding carboxylic acids is 1. The number of morpholine rings is 1. The van der Waals surface area contributed by atoms with E-state index < -0.39 is 17.7 Å². The minimum atomic E-state index is -0.706. The van der Waals surface area contributed by atoms with Crippen molar-refractivity contribution in [3.63, 3.8) is 0 Å². The molecule has 4 heterocycles. The molecule has 1 saturated heterocycles. The molecule has 2 N–H and O–H groups in total. The van der Waals surface area contributed by atoms with E-state index >= 15 is 0 Å². The summed E-state index contributed by atoms with van der Waals surface area (Å²) in [5.41, 5.74) is 8.95. The molecule has 166 valence electrons. The lowest BCUT2D eigenvalue weighted by atomic mass is 10.00. The molecule has 0 unspecified atom stereocenters. The fourth-order valence-electron chi connectivity index (χ4n) is 4.60. The first-order chi connectivity index (χ1) is 15.3. The Morgan fingerprint density at radius 2 is 1.91 bits per heavy atom. The predicted molar refractivity (Wildman–Crippen MR) is 113 cm³/mol. The van der Waals surface area contributed by atoms with Crippen LogP contribution in [0.4, 0.5) is 14.6 Å². The highest BCUT2D eigenvalue weighted by Crippen LogP contribution is 2.38. The number of carbonyl (C=O) groups is 1. The van der Waals surface area contributed by atoms with Crippen LogP contribution in [0.3, 0.4) is 0 Å². The maximum atomic E-state index is 13.9. The molecule has 5 rings (SSSR count). The largest absolute Gasteiger partial charge is 0.383 e. The Balaban J connectivity index is 1.57. The molecule has 1 fully saturated rings. The number of fused-ring (bicyclic) bond motifs is 3. The Hall–Kier alpha value is -3.17. The first-order valence-corrected chi connectivity index (χ1v) is 10.4. The number of ether oxygens (including phenoxy) is 2. The second kappa shape index (κ2) is 7.75. The number of benzene rings is 1. The number of hydrogen-bond acceptors (Lipinski definition) is 6. The first kappa shape index (κ1) is 20.7. The third kappa shape index (κ3) is 3.37. The van der Waals surface area contributed by atoms with Crippen LogP contribution >= 0.6 is 0 Å². The van der Waals surface area contributed by atoms with Gasteiger partial charge in [-0.2, -0.15) is 0 Å². The quantitative estimate of drug-likeness (QED) is 0.654. The standard InChI is InChI=1S/C23H22F2N4O3/c1-11-8-31-10-20(13-3-14(24)5-15(25)4-13)29(11)23(30)18-6-16-17-9-32-12(2)21(17)22(26)28-19(16)7-27-18/h3-7,11-12,20H,8-10H2,1-2H3,(H2,26,28)/t11-,12-,20-/m1/s1. The smallest absolute Gasteiger partial charge is 0.273 e. The maximum absolute atomic E-state index is 13.9. The number of halogens is 2. The van der Waals surface area contributed by atoms with Crippen molar-refractivity contribution in [2.45, 2.75) is 38.6 Å². The Bertz CT molecular complexity index is 1220. The number of nitrogens with two attached hydrogens (primary N) is 1. The van der Waals surface area contributed by atoms with E-state index in [4.69, 9.17) is 15.2 Å². The molecular weight excluding hydrogens is 418 g/mol. The Morgan fingerprint density at radius 1 is 1.16 bits per heavy atom. The van der Waals surface area contributed by atoms with Gasteiger partial charge in [-0.25, -0.2) is 18.7 Å². The van der Waals surface area contributed by atoms with Gasteiger partial charge in [0.15, 0.2) is 0 Å². The summed E-state index contributed by atoms with van der Waals surface area (Å²) in [5.74, 6) is -1.37. The second-order valence-electron chi connectivity index (χ2n) is 8.25. The van der Waals surface area contributed by atoms with Crippen LogP contribution in [-0.2, 0) is 16.1 Å². The number of aromatic nitrogens is 2. The fraction of sp³-hybridized carbons (Fsp3) is 0.348. The minimum absolute atomic E-state index is 0.130. The molecule has 2 aliphatic heterocycles.